The van der Waals surface area contributed by atoms with Crippen molar-refractivity contribution >= 4 is 27.7 Å². The van der Waals surface area contributed by atoms with Crippen molar-refractivity contribution in [3.8, 4) is 0 Å². The number of hydrogen-bond donors (Lipinski definition) is 1. The first kappa shape index (κ1) is 25.8. The summed E-state index contributed by atoms with van der Waals surface area (Å²) in [4.78, 5) is 4.87. The van der Waals surface area contributed by atoms with Gasteiger partial charge in [0.1, 0.15) is 0 Å². The van der Waals surface area contributed by atoms with Gasteiger partial charge in [-0.2, -0.15) is 0 Å². The minimum absolute atomic E-state index is 0.351. The molecular weight excluding hydrogens is 438 g/mol. The van der Waals surface area contributed by atoms with Crippen molar-refractivity contribution in [3.63, 3.8) is 0 Å². The molecule has 3 nitrogen and oxygen atoms in total. The number of nitrogens with one attached hydrogen (secondary N) is 1. The monoisotopic (exact) mass is 479 g/mol. The summed E-state index contributed by atoms with van der Waals surface area (Å²) in [6.07, 6.45) is 9.33. The number of anilines is 2. The van der Waals surface area contributed by atoms with Gasteiger partial charge in [0, 0.05) is 42.4 Å². The molecule has 0 heterocycles. The normalized spacial score (nSPS) is 15.1. The highest BCUT2D eigenvalue weighted by Crippen LogP contribution is 2.36. The highest BCUT2D eigenvalue weighted by atomic mass is 15.1. The van der Waals surface area contributed by atoms with E-state index in [4.69, 9.17) is 0 Å². The molecule has 1 aliphatic carbocycles. The standard InChI is InChI=1S/C33H41N3/c1-6-34-32-24-28(23-27-13-11-12-14-31(27)32)33(25-15-19-29(20-16-25)35(7-2)8-3)26-17-21-30(22-18-26)36(9-4)10-5/h11-24,29,34H,6-10H2,1-5H3. The van der Waals surface area contributed by atoms with Crippen molar-refractivity contribution in [1.29, 1.82) is 0 Å². The fraction of sp³-hybridized carbons (Fsp3) is 0.333. The third-order valence-electron chi connectivity index (χ3n) is 7.27. The van der Waals surface area contributed by atoms with Gasteiger partial charge in [0.2, 0.25) is 0 Å². The Morgan fingerprint density at radius 3 is 2.03 bits per heavy atom. The molecule has 1 N–H and O–H groups in total. The number of nitrogens with zero attached hydrogens (tertiary/aromatic N) is 2. The van der Waals surface area contributed by atoms with Crippen molar-refractivity contribution in [2.24, 2.45) is 0 Å². The Bertz CT molecular complexity index is 1230. The lowest BCUT2D eigenvalue weighted by molar-refractivity contribution is 0.287. The minimum Gasteiger partial charge on any atom is -0.385 e. The molecule has 188 valence electrons. The van der Waals surface area contributed by atoms with E-state index in [1.807, 2.05) is 0 Å². The minimum atomic E-state index is 0.351. The molecule has 0 spiro atoms. The number of likely N-dealkylation sites (N-methyl/N-ethyl adjacent to an activating group) is 1. The molecule has 0 radical (unpaired) electrons. The van der Waals surface area contributed by atoms with E-state index in [0.717, 1.165) is 32.7 Å². The lowest BCUT2D eigenvalue weighted by Gasteiger charge is -2.27. The summed E-state index contributed by atoms with van der Waals surface area (Å²) in [6, 6.07) is 22.8. The summed E-state index contributed by atoms with van der Waals surface area (Å²) in [7, 11) is 0. The molecule has 1 aliphatic rings. The van der Waals surface area contributed by atoms with Crippen molar-refractivity contribution < 1.29 is 0 Å². The first-order valence-electron chi connectivity index (χ1n) is 13.6. The molecule has 0 fully saturated rings. The third-order valence-corrected chi connectivity index (χ3v) is 7.27. The summed E-state index contributed by atoms with van der Waals surface area (Å²) in [5.41, 5.74) is 7.48. The summed E-state index contributed by atoms with van der Waals surface area (Å²) in [5, 5.41) is 6.13. The van der Waals surface area contributed by atoms with Crippen LogP contribution in [0.1, 0.15) is 45.7 Å². The summed E-state index contributed by atoms with van der Waals surface area (Å²) < 4.78 is 0. The van der Waals surface area contributed by atoms with Gasteiger partial charge in [-0.15, -0.1) is 0 Å². The Labute approximate surface area is 217 Å². The van der Waals surface area contributed by atoms with Crippen LogP contribution < -0.4 is 10.2 Å². The average Bonchev–Trinajstić information content (AvgIpc) is 2.92. The first-order valence-corrected chi connectivity index (χ1v) is 13.6. The van der Waals surface area contributed by atoms with Gasteiger partial charge in [-0.3, -0.25) is 4.90 Å². The predicted octanol–water partition coefficient (Wildman–Crippen LogP) is 7.76. The highest BCUT2D eigenvalue weighted by Gasteiger charge is 2.17. The Morgan fingerprint density at radius 1 is 0.750 bits per heavy atom. The van der Waals surface area contributed by atoms with E-state index in [2.05, 4.69) is 135 Å². The third kappa shape index (κ3) is 5.42. The smallest absolute Gasteiger partial charge is 0.0467 e. The maximum atomic E-state index is 3.60. The van der Waals surface area contributed by atoms with Crippen LogP contribution in [0.25, 0.3) is 16.3 Å². The molecule has 0 aromatic heterocycles. The molecule has 0 bridgehead atoms. The molecule has 0 atom stereocenters. The summed E-state index contributed by atoms with van der Waals surface area (Å²) in [5.74, 6) is 0. The lowest BCUT2D eigenvalue weighted by atomic mass is 9.88. The summed E-state index contributed by atoms with van der Waals surface area (Å²) in [6.45, 7) is 16.1. The van der Waals surface area contributed by atoms with Gasteiger partial charge < -0.3 is 10.2 Å². The van der Waals surface area contributed by atoms with E-state index >= 15 is 0 Å². The van der Waals surface area contributed by atoms with Crippen LogP contribution in [0.5, 0.6) is 0 Å². The average molecular weight is 480 g/mol. The fourth-order valence-electron chi connectivity index (χ4n) is 5.30. The second-order valence-electron chi connectivity index (χ2n) is 9.25. The largest absolute Gasteiger partial charge is 0.385 e. The van der Waals surface area contributed by atoms with Gasteiger partial charge in [-0.25, -0.2) is 0 Å². The zero-order valence-electron chi connectivity index (χ0n) is 22.6. The zero-order chi connectivity index (χ0) is 25.5. The molecule has 3 aromatic rings. The molecule has 36 heavy (non-hydrogen) atoms. The Balaban J connectivity index is 1.87. The van der Waals surface area contributed by atoms with Crippen LogP contribution in [-0.2, 0) is 0 Å². The molecule has 0 amide bonds. The number of hydrogen-bond acceptors (Lipinski definition) is 3. The molecule has 3 aromatic carbocycles. The maximum Gasteiger partial charge on any atom is 0.0467 e. The molecule has 0 unspecified atom stereocenters. The quantitative estimate of drug-likeness (QED) is 0.321. The topological polar surface area (TPSA) is 18.5 Å². The van der Waals surface area contributed by atoms with Crippen LogP contribution in [0.15, 0.2) is 90.5 Å². The number of benzene rings is 3. The predicted molar refractivity (Wildman–Crippen MR) is 159 cm³/mol. The van der Waals surface area contributed by atoms with Crippen molar-refractivity contribution in [3.05, 3.63) is 102 Å². The van der Waals surface area contributed by atoms with E-state index in [1.165, 1.54) is 44.4 Å². The van der Waals surface area contributed by atoms with Gasteiger partial charge in [0.25, 0.3) is 0 Å². The van der Waals surface area contributed by atoms with Crippen LogP contribution >= 0.6 is 0 Å². The molecule has 0 saturated carbocycles. The van der Waals surface area contributed by atoms with Crippen molar-refractivity contribution in [2.75, 3.05) is 42.9 Å². The van der Waals surface area contributed by atoms with Crippen LogP contribution in [-0.4, -0.2) is 43.7 Å². The van der Waals surface area contributed by atoms with Crippen LogP contribution in [0.4, 0.5) is 11.4 Å². The van der Waals surface area contributed by atoms with Gasteiger partial charge in [-0.05, 0) is 85.8 Å². The molecule has 4 rings (SSSR count). The lowest BCUT2D eigenvalue weighted by Crippen LogP contribution is -2.32. The van der Waals surface area contributed by atoms with Crippen LogP contribution in [0, 0.1) is 0 Å². The SMILES string of the molecule is CCNc1cc(C(=C2C=CC(N(CC)CC)C=C2)c2ccc(N(CC)CC)cc2)cc2ccccc12. The second-order valence-corrected chi connectivity index (χ2v) is 9.25. The molecular formula is C33H41N3. The number of allylic oxidation sites excluding steroid dienone is 3. The highest BCUT2D eigenvalue weighted by molar-refractivity contribution is 5.99. The van der Waals surface area contributed by atoms with E-state index in [1.54, 1.807) is 0 Å². The van der Waals surface area contributed by atoms with Crippen LogP contribution in [0.2, 0.25) is 0 Å². The van der Waals surface area contributed by atoms with Gasteiger partial charge in [0.05, 0.1) is 0 Å². The van der Waals surface area contributed by atoms with Gasteiger partial charge in [0.15, 0.2) is 0 Å². The van der Waals surface area contributed by atoms with E-state index in [-0.39, 0.29) is 0 Å². The van der Waals surface area contributed by atoms with Crippen molar-refractivity contribution in [2.45, 2.75) is 40.7 Å². The van der Waals surface area contributed by atoms with Crippen molar-refractivity contribution in [1.82, 2.24) is 4.90 Å². The fourth-order valence-corrected chi connectivity index (χ4v) is 5.30. The summed E-state index contributed by atoms with van der Waals surface area (Å²) >= 11 is 0. The van der Waals surface area contributed by atoms with E-state index < -0.39 is 0 Å². The second kappa shape index (κ2) is 12.1. The van der Waals surface area contributed by atoms with E-state index in [9.17, 15) is 0 Å². The Hall–Kier alpha value is -3.30. The molecule has 0 saturated heterocycles. The Kier molecular flexibility index (Phi) is 8.66. The number of fused-ring (bicyclic) bond motifs is 1. The van der Waals surface area contributed by atoms with Gasteiger partial charge >= 0.3 is 0 Å². The molecule has 3 heteroatoms. The van der Waals surface area contributed by atoms with Gasteiger partial charge in [-0.1, -0.05) is 74.5 Å². The molecule has 0 aliphatic heterocycles. The first-order chi connectivity index (χ1) is 17.6. The Morgan fingerprint density at radius 2 is 1.42 bits per heavy atom. The zero-order valence-corrected chi connectivity index (χ0v) is 22.6. The van der Waals surface area contributed by atoms with Crippen LogP contribution in [0.3, 0.4) is 0 Å². The van der Waals surface area contributed by atoms with E-state index in [0.29, 0.717) is 6.04 Å². The maximum absolute atomic E-state index is 3.60. The number of rotatable bonds is 10.